The summed E-state index contributed by atoms with van der Waals surface area (Å²) in [6.45, 7) is 12.4. The van der Waals surface area contributed by atoms with Crippen molar-refractivity contribution in [1.29, 1.82) is 0 Å². The van der Waals surface area contributed by atoms with Gasteiger partial charge in [-0.3, -0.25) is 14.4 Å². The molecule has 1 saturated heterocycles. The van der Waals surface area contributed by atoms with Gasteiger partial charge in [0.1, 0.15) is 11.8 Å². The Morgan fingerprint density at radius 3 is 2.21 bits per heavy atom. The number of rotatable bonds is 15. The maximum Gasteiger partial charge on any atom is 0.250 e. The largest absolute Gasteiger partial charge is 0.391 e. The number of benzene rings is 2. The first-order valence-electron chi connectivity index (χ1n) is 16.4. The Morgan fingerprint density at radius 1 is 0.979 bits per heavy atom. The van der Waals surface area contributed by atoms with Gasteiger partial charge in [-0.1, -0.05) is 54.6 Å². The number of likely N-dealkylation sites (tertiary alicyclic amines) is 1. The highest BCUT2D eigenvalue weighted by Gasteiger charge is 2.31. The highest BCUT2D eigenvalue weighted by molar-refractivity contribution is 5.89. The van der Waals surface area contributed by atoms with Crippen molar-refractivity contribution in [3.8, 4) is 0 Å². The summed E-state index contributed by atoms with van der Waals surface area (Å²) in [5, 5.41) is 17.9. The minimum atomic E-state index is -1.11. The van der Waals surface area contributed by atoms with Crippen molar-refractivity contribution in [2.45, 2.75) is 97.4 Å². The van der Waals surface area contributed by atoms with Gasteiger partial charge in [-0.05, 0) is 77.5 Å². The maximum atomic E-state index is 13.7. The molecule has 10 heteroatoms. The Labute approximate surface area is 279 Å². The van der Waals surface area contributed by atoms with Crippen LogP contribution in [0, 0.1) is 12.8 Å². The van der Waals surface area contributed by atoms with Gasteiger partial charge in [-0.2, -0.15) is 5.48 Å². The molecule has 10 nitrogen and oxygen atoms in total. The van der Waals surface area contributed by atoms with Crippen molar-refractivity contribution >= 4 is 17.5 Å². The molecular weight excluding hydrogens is 596 g/mol. The Morgan fingerprint density at radius 2 is 1.60 bits per heavy atom. The van der Waals surface area contributed by atoms with Crippen LogP contribution in [0.25, 0.3) is 0 Å². The van der Waals surface area contributed by atoms with E-state index in [1.165, 1.54) is 0 Å². The Kier molecular flexibility index (Phi) is 14.0. The van der Waals surface area contributed by atoms with Gasteiger partial charge in [0.2, 0.25) is 5.91 Å². The smallest absolute Gasteiger partial charge is 0.250 e. The second kappa shape index (κ2) is 17.5. The Hall–Kier alpha value is -3.70. The SMILES string of the molecule is CC(C)(C)O.Cc1ccccc1C(C(=O)N1CCCC1)n1cnc(CC(=O)[C@H](CCC(=O)C(C)(C)NO)COCc2ccccc2)c1. The zero-order chi connectivity index (χ0) is 34.6. The molecule has 3 N–H and O–H groups in total. The lowest BCUT2D eigenvalue weighted by molar-refractivity contribution is -0.132. The zero-order valence-electron chi connectivity index (χ0n) is 28.7. The van der Waals surface area contributed by atoms with Gasteiger partial charge in [-0.15, -0.1) is 0 Å². The minimum absolute atomic E-state index is 0.0304. The lowest BCUT2D eigenvalue weighted by atomic mass is 9.90. The van der Waals surface area contributed by atoms with Crippen LogP contribution in [0.5, 0.6) is 0 Å². The van der Waals surface area contributed by atoms with Crippen molar-refractivity contribution in [3.05, 3.63) is 89.5 Å². The first-order valence-corrected chi connectivity index (χ1v) is 16.4. The van der Waals surface area contributed by atoms with E-state index in [0.29, 0.717) is 12.3 Å². The molecule has 1 amide bonds. The highest BCUT2D eigenvalue weighted by Crippen LogP contribution is 2.27. The second-order valence-electron chi connectivity index (χ2n) is 13.8. The van der Waals surface area contributed by atoms with Crippen LogP contribution in [0.15, 0.2) is 67.1 Å². The third-order valence-electron chi connectivity index (χ3n) is 8.03. The van der Waals surface area contributed by atoms with E-state index in [-0.39, 0.29) is 43.3 Å². The fourth-order valence-electron chi connectivity index (χ4n) is 5.27. The molecule has 2 heterocycles. The number of aromatic nitrogens is 2. The van der Waals surface area contributed by atoms with E-state index in [4.69, 9.17) is 9.84 Å². The number of nitrogens with one attached hydrogen (secondary N) is 1. The number of aliphatic hydroxyl groups is 1. The molecule has 2 aromatic carbocycles. The highest BCUT2D eigenvalue weighted by atomic mass is 16.5. The van der Waals surface area contributed by atoms with Crippen molar-refractivity contribution in [1.82, 2.24) is 19.9 Å². The Balaban J connectivity index is 0.00000111. The summed E-state index contributed by atoms with van der Waals surface area (Å²) in [5.41, 5.74) is 3.92. The zero-order valence-corrected chi connectivity index (χ0v) is 28.7. The van der Waals surface area contributed by atoms with Crippen LogP contribution in [0.4, 0.5) is 0 Å². The van der Waals surface area contributed by atoms with E-state index >= 15 is 0 Å². The Bertz CT molecular complexity index is 1430. The summed E-state index contributed by atoms with van der Waals surface area (Å²) in [6.07, 6.45) is 5.87. The van der Waals surface area contributed by atoms with Gasteiger partial charge in [0, 0.05) is 31.6 Å². The molecule has 1 fully saturated rings. The molecule has 0 spiro atoms. The third-order valence-corrected chi connectivity index (χ3v) is 8.03. The van der Waals surface area contributed by atoms with Gasteiger partial charge in [0.25, 0.3) is 0 Å². The molecule has 1 aliphatic rings. The van der Waals surface area contributed by atoms with Crippen LogP contribution in [0.1, 0.15) is 88.7 Å². The molecule has 0 aliphatic carbocycles. The number of hydrogen-bond acceptors (Lipinski definition) is 8. The van der Waals surface area contributed by atoms with E-state index in [0.717, 1.165) is 42.6 Å². The van der Waals surface area contributed by atoms with Crippen molar-refractivity contribution in [2.24, 2.45) is 5.92 Å². The summed E-state index contributed by atoms with van der Waals surface area (Å²) in [5.74, 6) is -0.788. The van der Waals surface area contributed by atoms with Gasteiger partial charge in [0.15, 0.2) is 5.78 Å². The van der Waals surface area contributed by atoms with Crippen LogP contribution in [0.2, 0.25) is 0 Å². The number of hydrogen-bond donors (Lipinski definition) is 3. The van der Waals surface area contributed by atoms with Gasteiger partial charge in [-0.25, -0.2) is 4.98 Å². The molecule has 1 aromatic heterocycles. The summed E-state index contributed by atoms with van der Waals surface area (Å²) in [7, 11) is 0. The van der Waals surface area contributed by atoms with Crippen LogP contribution in [0.3, 0.4) is 0 Å². The maximum absolute atomic E-state index is 13.7. The fraction of sp³-hybridized carbons (Fsp3) is 0.514. The molecule has 256 valence electrons. The first-order chi connectivity index (χ1) is 22.2. The van der Waals surface area contributed by atoms with Crippen molar-refractivity contribution < 1.29 is 29.4 Å². The minimum Gasteiger partial charge on any atom is -0.391 e. The van der Waals surface area contributed by atoms with Crippen molar-refractivity contribution in [3.63, 3.8) is 0 Å². The summed E-state index contributed by atoms with van der Waals surface area (Å²) in [4.78, 5) is 46.3. The average molecular weight is 649 g/mol. The summed E-state index contributed by atoms with van der Waals surface area (Å²) in [6, 6.07) is 17.0. The lowest BCUT2D eigenvalue weighted by Gasteiger charge is -2.25. The number of aryl methyl sites for hydroxylation is 1. The van der Waals surface area contributed by atoms with Gasteiger partial charge < -0.3 is 24.5 Å². The molecule has 0 saturated carbocycles. The molecule has 4 rings (SSSR count). The average Bonchev–Trinajstić information content (AvgIpc) is 3.72. The van der Waals surface area contributed by atoms with Crippen LogP contribution >= 0.6 is 0 Å². The molecule has 2 atom stereocenters. The summed E-state index contributed by atoms with van der Waals surface area (Å²) >= 11 is 0. The van der Waals surface area contributed by atoms with Crippen LogP contribution in [-0.2, 0) is 32.1 Å². The number of Topliss-reactive ketones (excluding diaryl/α,β-unsaturated/α-hetero) is 2. The molecule has 1 aliphatic heterocycles. The van der Waals surface area contributed by atoms with E-state index in [2.05, 4.69) is 4.98 Å². The van der Waals surface area contributed by atoms with E-state index in [9.17, 15) is 19.6 Å². The number of carbonyl (C=O) groups excluding carboxylic acids is 3. The normalized spacial score (nSPS) is 14.7. The monoisotopic (exact) mass is 648 g/mol. The van der Waals surface area contributed by atoms with Crippen LogP contribution in [-0.4, -0.2) is 73.1 Å². The van der Waals surface area contributed by atoms with E-state index < -0.39 is 23.1 Å². The predicted octanol–water partition coefficient (Wildman–Crippen LogP) is 5.23. The number of carbonyl (C=O) groups is 3. The molecule has 3 aromatic rings. The number of ketones is 2. The standard InChI is InChI=1S/C33H42N4O5.C4H10O/c1-24-11-7-8-14-28(24)31(32(40)36-17-9-10-18-36)37-20-27(34-23-37)19-29(38)26(15-16-30(39)33(2,3)35-41)22-42-21-25-12-5-4-6-13-25;1-4(2,3)5/h4-8,11-14,20,23,26,31,35,41H,9-10,15-19,21-22H2,1-3H3;5H,1-3H3/t26-,31?;/m1./s1. The number of imidazole rings is 1. The quantitative estimate of drug-likeness (QED) is 0.191. The molecule has 0 bridgehead atoms. The lowest BCUT2D eigenvalue weighted by Crippen LogP contribution is -2.45. The van der Waals surface area contributed by atoms with Crippen LogP contribution < -0.4 is 5.48 Å². The number of amides is 1. The molecule has 47 heavy (non-hydrogen) atoms. The predicted molar refractivity (Wildman–Crippen MR) is 181 cm³/mol. The number of nitrogens with zero attached hydrogens (tertiary/aromatic N) is 3. The summed E-state index contributed by atoms with van der Waals surface area (Å²) < 4.78 is 7.73. The molecular formula is C37H52N4O6. The van der Waals surface area contributed by atoms with E-state index in [1.807, 2.05) is 76.5 Å². The molecule has 0 radical (unpaired) electrons. The number of hydroxylamine groups is 1. The topological polar surface area (TPSA) is 134 Å². The second-order valence-corrected chi connectivity index (χ2v) is 13.8. The molecule has 1 unspecified atom stereocenters. The fourth-order valence-corrected chi connectivity index (χ4v) is 5.27. The van der Waals surface area contributed by atoms with Gasteiger partial charge >= 0.3 is 0 Å². The van der Waals surface area contributed by atoms with E-state index in [1.54, 1.807) is 47.1 Å². The third kappa shape index (κ3) is 12.1. The van der Waals surface area contributed by atoms with Gasteiger partial charge in [0.05, 0.1) is 42.8 Å². The number of ether oxygens (including phenoxy) is 1. The van der Waals surface area contributed by atoms with Crippen molar-refractivity contribution in [2.75, 3.05) is 19.7 Å². The first kappa shape index (κ1) is 37.8.